The van der Waals surface area contributed by atoms with Gasteiger partial charge in [0.25, 0.3) is 0 Å². The molecule has 1 aromatic carbocycles. The first-order valence-corrected chi connectivity index (χ1v) is 11.1. The third kappa shape index (κ3) is 4.78. The van der Waals surface area contributed by atoms with Gasteiger partial charge in [0.2, 0.25) is 15.9 Å². The molecule has 10 heteroatoms. The second kappa shape index (κ2) is 7.90. The number of sulfonamides is 1. The summed E-state index contributed by atoms with van der Waals surface area (Å²) in [6.07, 6.45) is -1.94. The van der Waals surface area contributed by atoms with Crippen LogP contribution in [0.2, 0.25) is 0 Å². The van der Waals surface area contributed by atoms with Crippen LogP contribution in [0.3, 0.4) is 0 Å². The van der Waals surface area contributed by atoms with Crippen molar-refractivity contribution in [3.05, 3.63) is 29.8 Å². The number of carbonyl (C=O) groups is 1. The number of piperidine rings is 1. The fourth-order valence-electron chi connectivity index (χ4n) is 3.77. The molecule has 156 valence electrons. The number of alkyl halides is 3. The number of amides is 1. The van der Waals surface area contributed by atoms with E-state index in [1.165, 1.54) is 10.4 Å². The molecule has 3 rings (SSSR count). The zero-order valence-corrected chi connectivity index (χ0v) is 16.5. The number of rotatable bonds is 3. The fraction of sp³-hybridized carbons (Fsp3) is 0.611. The number of hydrogen-bond donors (Lipinski definition) is 0. The Labute approximate surface area is 162 Å². The summed E-state index contributed by atoms with van der Waals surface area (Å²) in [4.78, 5) is 16.3. The van der Waals surface area contributed by atoms with E-state index in [1.54, 1.807) is 11.0 Å². The largest absolute Gasteiger partial charge is 0.416 e. The van der Waals surface area contributed by atoms with Gasteiger partial charge in [-0.3, -0.25) is 4.79 Å². The molecule has 0 aliphatic carbocycles. The van der Waals surface area contributed by atoms with Gasteiger partial charge in [0, 0.05) is 45.0 Å². The molecule has 1 amide bonds. The summed E-state index contributed by atoms with van der Waals surface area (Å²) < 4.78 is 63.5. The second-order valence-electron chi connectivity index (χ2n) is 7.32. The Bertz CT molecular complexity index is 821. The molecule has 0 spiro atoms. The molecule has 28 heavy (non-hydrogen) atoms. The summed E-state index contributed by atoms with van der Waals surface area (Å²) in [6.45, 7) is 2.33. The Morgan fingerprint density at radius 3 is 2.39 bits per heavy atom. The van der Waals surface area contributed by atoms with Crippen LogP contribution in [0.5, 0.6) is 0 Å². The first-order chi connectivity index (χ1) is 13.1. The van der Waals surface area contributed by atoms with Gasteiger partial charge in [0.05, 0.1) is 17.7 Å². The number of piperazine rings is 1. The highest BCUT2D eigenvalue weighted by Gasteiger charge is 2.34. The van der Waals surface area contributed by atoms with Crippen LogP contribution >= 0.6 is 0 Å². The van der Waals surface area contributed by atoms with E-state index < -0.39 is 21.8 Å². The van der Waals surface area contributed by atoms with Crippen LogP contribution in [0.25, 0.3) is 0 Å². The predicted molar refractivity (Wildman–Crippen MR) is 99.4 cm³/mol. The van der Waals surface area contributed by atoms with Crippen LogP contribution in [-0.4, -0.2) is 69.1 Å². The molecule has 0 N–H and O–H groups in total. The van der Waals surface area contributed by atoms with Gasteiger partial charge < -0.3 is 9.80 Å². The van der Waals surface area contributed by atoms with Crippen molar-refractivity contribution in [1.82, 2.24) is 9.21 Å². The van der Waals surface area contributed by atoms with E-state index in [4.69, 9.17) is 0 Å². The van der Waals surface area contributed by atoms with Gasteiger partial charge in [-0.1, -0.05) is 6.07 Å². The predicted octanol–water partition coefficient (Wildman–Crippen LogP) is 2.03. The van der Waals surface area contributed by atoms with Gasteiger partial charge in [-0.25, -0.2) is 12.7 Å². The van der Waals surface area contributed by atoms with E-state index in [0.717, 1.165) is 18.4 Å². The minimum atomic E-state index is -4.39. The van der Waals surface area contributed by atoms with E-state index >= 15 is 0 Å². The summed E-state index contributed by atoms with van der Waals surface area (Å²) in [5.41, 5.74) is -0.200. The Morgan fingerprint density at radius 2 is 1.79 bits per heavy atom. The lowest BCUT2D eigenvalue weighted by Crippen LogP contribution is -2.53. The molecule has 0 bridgehead atoms. The van der Waals surface area contributed by atoms with Crippen molar-refractivity contribution in [3.8, 4) is 0 Å². The number of anilines is 1. The van der Waals surface area contributed by atoms with Gasteiger partial charge >= 0.3 is 6.18 Å². The van der Waals surface area contributed by atoms with E-state index in [2.05, 4.69) is 0 Å². The average molecular weight is 419 g/mol. The first kappa shape index (κ1) is 20.9. The van der Waals surface area contributed by atoms with Crippen molar-refractivity contribution in [1.29, 1.82) is 0 Å². The van der Waals surface area contributed by atoms with Gasteiger partial charge in [-0.05, 0) is 31.0 Å². The minimum Gasteiger partial charge on any atom is -0.368 e. The van der Waals surface area contributed by atoms with E-state index in [-0.39, 0.29) is 18.4 Å². The summed E-state index contributed by atoms with van der Waals surface area (Å²) in [5.74, 6) is -0.430. The summed E-state index contributed by atoms with van der Waals surface area (Å²) in [5, 5.41) is 0. The number of hydrogen-bond acceptors (Lipinski definition) is 4. The average Bonchev–Trinajstić information content (AvgIpc) is 2.66. The van der Waals surface area contributed by atoms with E-state index in [0.29, 0.717) is 51.3 Å². The van der Waals surface area contributed by atoms with Crippen molar-refractivity contribution in [2.24, 2.45) is 5.92 Å². The Morgan fingerprint density at radius 1 is 1.11 bits per heavy atom. The Hall–Kier alpha value is -1.81. The standard InChI is InChI=1S/C18H24F3N3O3S/c1-28(26,27)24-7-3-4-14(13-24)17(25)23-10-8-22(9-11-23)16-6-2-5-15(12-16)18(19,20)21/h2,5-6,12,14H,3-4,7-11,13H2,1H3. The van der Waals surface area contributed by atoms with Crippen LogP contribution in [-0.2, 0) is 21.0 Å². The molecule has 0 radical (unpaired) electrons. The van der Waals surface area contributed by atoms with E-state index in [9.17, 15) is 26.4 Å². The van der Waals surface area contributed by atoms with Crippen LogP contribution in [0.1, 0.15) is 18.4 Å². The van der Waals surface area contributed by atoms with Gasteiger partial charge in [-0.15, -0.1) is 0 Å². The van der Waals surface area contributed by atoms with Crippen molar-refractivity contribution in [2.75, 3.05) is 50.4 Å². The van der Waals surface area contributed by atoms with Gasteiger partial charge in [-0.2, -0.15) is 13.2 Å². The lowest BCUT2D eigenvalue weighted by Gasteiger charge is -2.39. The zero-order valence-electron chi connectivity index (χ0n) is 15.7. The Kier molecular flexibility index (Phi) is 5.90. The van der Waals surface area contributed by atoms with Crippen LogP contribution in [0.15, 0.2) is 24.3 Å². The smallest absolute Gasteiger partial charge is 0.368 e. The maximum Gasteiger partial charge on any atom is 0.416 e. The molecule has 2 aliphatic heterocycles. The molecule has 2 saturated heterocycles. The summed E-state index contributed by atoms with van der Waals surface area (Å²) in [6, 6.07) is 5.19. The summed E-state index contributed by atoms with van der Waals surface area (Å²) >= 11 is 0. The topological polar surface area (TPSA) is 60.9 Å². The van der Waals surface area contributed by atoms with Gasteiger partial charge in [0.15, 0.2) is 0 Å². The number of nitrogens with zero attached hydrogens (tertiary/aromatic N) is 3. The molecule has 1 unspecified atom stereocenters. The van der Waals surface area contributed by atoms with Crippen molar-refractivity contribution in [2.45, 2.75) is 19.0 Å². The molecule has 0 aromatic heterocycles. The monoisotopic (exact) mass is 419 g/mol. The molecule has 2 aliphatic rings. The number of carbonyl (C=O) groups excluding carboxylic acids is 1. The molecule has 0 saturated carbocycles. The molecule has 1 atom stereocenters. The van der Waals surface area contributed by atoms with Crippen molar-refractivity contribution in [3.63, 3.8) is 0 Å². The van der Waals surface area contributed by atoms with Crippen LogP contribution in [0, 0.1) is 5.92 Å². The SMILES string of the molecule is CS(=O)(=O)N1CCCC(C(=O)N2CCN(c3cccc(C(F)(F)F)c3)CC2)C1. The normalized spacial score (nSPS) is 22.4. The highest BCUT2D eigenvalue weighted by atomic mass is 32.2. The Balaban J connectivity index is 1.60. The third-order valence-electron chi connectivity index (χ3n) is 5.33. The van der Waals surface area contributed by atoms with Crippen LogP contribution < -0.4 is 4.90 Å². The quantitative estimate of drug-likeness (QED) is 0.752. The van der Waals surface area contributed by atoms with Crippen molar-refractivity contribution >= 4 is 21.6 Å². The van der Waals surface area contributed by atoms with Gasteiger partial charge in [0.1, 0.15) is 0 Å². The lowest BCUT2D eigenvalue weighted by molar-refractivity contribution is -0.137. The highest BCUT2D eigenvalue weighted by molar-refractivity contribution is 7.88. The molecule has 2 heterocycles. The fourth-order valence-corrected chi connectivity index (χ4v) is 4.68. The molecule has 6 nitrogen and oxygen atoms in total. The van der Waals surface area contributed by atoms with E-state index in [1.807, 2.05) is 4.90 Å². The highest BCUT2D eigenvalue weighted by Crippen LogP contribution is 2.32. The lowest BCUT2D eigenvalue weighted by atomic mass is 9.97. The molecule has 1 aromatic rings. The summed E-state index contributed by atoms with van der Waals surface area (Å²) in [7, 11) is -3.32. The number of halogens is 3. The zero-order chi connectivity index (χ0) is 20.5. The molecular weight excluding hydrogens is 395 g/mol. The maximum absolute atomic E-state index is 12.9. The molecule has 2 fully saturated rings. The van der Waals surface area contributed by atoms with Crippen LogP contribution in [0.4, 0.5) is 18.9 Å². The second-order valence-corrected chi connectivity index (χ2v) is 9.30. The van der Waals surface area contributed by atoms with Crippen molar-refractivity contribution < 1.29 is 26.4 Å². The third-order valence-corrected chi connectivity index (χ3v) is 6.60. The minimum absolute atomic E-state index is 0.0722. The maximum atomic E-state index is 12.9. The molecular formula is C18H24F3N3O3S. The first-order valence-electron chi connectivity index (χ1n) is 9.22. The number of benzene rings is 1.